The van der Waals surface area contributed by atoms with Gasteiger partial charge < -0.3 is 24.4 Å². The third kappa shape index (κ3) is 7.68. The fourth-order valence-electron chi connectivity index (χ4n) is 3.62. The molecule has 1 heterocycles. The van der Waals surface area contributed by atoms with E-state index in [-0.39, 0.29) is 24.0 Å². The van der Waals surface area contributed by atoms with Crippen LogP contribution < -0.4 is 20.2 Å². The van der Waals surface area contributed by atoms with Gasteiger partial charge >= 0.3 is 0 Å². The molecule has 1 aliphatic heterocycles. The maximum absolute atomic E-state index is 12.8. The number of morpholine rings is 1. The Morgan fingerprint density at radius 1 is 1.14 bits per heavy atom. The van der Waals surface area contributed by atoms with Crippen LogP contribution in [0.1, 0.15) is 29.8 Å². The Hall–Kier alpha value is -3.63. The predicted molar refractivity (Wildman–Crippen MR) is 139 cm³/mol. The number of hydrogen-bond donors (Lipinski definition) is 2. The van der Waals surface area contributed by atoms with Crippen molar-refractivity contribution in [3.05, 3.63) is 58.6 Å². The van der Waals surface area contributed by atoms with Gasteiger partial charge in [-0.15, -0.1) is 0 Å². The summed E-state index contributed by atoms with van der Waals surface area (Å²) in [6.45, 7) is 5.44. The molecule has 1 fully saturated rings. The van der Waals surface area contributed by atoms with Gasteiger partial charge in [-0.2, -0.15) is 5.10 Å². The van der Waals surface area contributed by atoms with Crippen molar-refractivity contribution in [2.24, 2.45) is 11.0 Å². The molecule has 1 unspecified atom stereocenters. The summed E-state index contributed by atoms with van der Waals surface area (Å²) in [6, 6.07) is 10.9. The quantitative estimate of drug-likeness (QED) is 0.360. The highest BCUT2D eigenvalue weighted by atomic mass is 35.5. The van der Waals surface area contributed by atoms with Crippen LogP contribution in [0, 0.1) is 5.92 Å². The molecule has 198 valence electrons. The largest absolute Gasteiger partial charge is 0.493 e. The number of para-hydroxylation sites is 1. The maximum atomic E-state index is 12.8. The van der Waals surface area contributed by atoms with Crippen LogP contribution >= 0.6 is 11.6 Å². The molecule has 1 atom stereocenters. The van der Waals surface area contributed by atoms with E-state index in [4.69, 9.17) is 25.8 Å². The molecule has 2 aromatic carbocycles. The van der Waals surface area contributed by atoms with E-state index < -0.39 is 17.9 Å². The van der Waals surface area contributed by atoms with Gasteiger partial charge in [-0.1, -0.05) is 43.6 Å². The van der Waals surface area contributed by atoms with Crippen molar-refractivity contribution in [2.75, 3.05) is 40.0 Å². The average molecular weight is 531 g/mol. The summed E-state index contributed by atoms with van der Waals surface area (Å²) in [5, 5.41) is 7.05. The molecule has 3 amide bonds. The zero-order chi connectivity index (χ0) is 26.8. The maximum Gasteiger partial charge on any atom is 0.262 e. The van der Waals surface area contributed by atoms with Crippen molar-refractivity contribution in [2.45, 2.75) is 19.9 Å². The number of methoxy groups -OCH3 is 1. The van der Waals surface area contributed by atoms with Crippen molar-refractivity contribution in [1.82, 2.24) is 15.6 Å². The lowest BCUT2D eigenvalue weighted by Crippen LogP contribution is -2.48. The van der Waals surface area contributed by atoms with Crippen molar-refractivity contribution < 1.29 is 28.6 Å². The van der Waals surface area contributed by atoms with Gasteiger partial charge in [0.1, 0.15) is 6.04 Å². The lowest BCUT2D eigenvalue weighted by atomic mass is 10.0. The van der Waals surface area contributed by atoms with E-state index in [9.17, 15) is 14.4 Å². The van der Waals surface area contributed by atoms with Crippen molar-refractivity contribution in [3.63, 3.8) is 0 Å². The van der Waals surface area contributed by atoms with E-state index in [1.165, 1.54) is 13.3 Å². The molecular formula is C26H31ClN4O6. The van der Waals surface area contributed by atoms with Gasteiger partial charge in [0.15, 0.2) is 18.1 Å². The molecule has 0 radical (unpaired) electrons. The minimum Gasteiger partial charge on any atom is -0.493 e. The van der Waals surface area contributed by atoms with Crippen LogP contribution in [0.5, 0.6) is 11.5 Å². The second-order valence-corrected chi connectivity index (χ2v) is 8.98. The smallest absolute Gasteiger partial charge is 0.262 e. The predicted octanol–water partition coefficient (Wildman–Crippen LogP) is 2.49. The third-order valence-electron chi connectivity index (χ3n) is 5.67. The fourth-order valence-corrected chi connectivity index (χ4v) is 3.84. The minimum atomic E-state index is -0.854. The molecule has 0 bridgehead atoms. The Bertz CT molecular complexity index is 1130. The molecule has 0 saturated carbocycles. The van der Waals surface area contributed by atoms with Gasteiger partial charge in [-0.3, -0.25) is 14.4 Å². The van der Waals surface area contributed by atoms with Crippen LogP contribution in [0.25, 0.3) is 0 Å². The van der Waals surface area contributed by atoms with Crippen LogP contribution in [0.3, 0.4) is 0 Å². The molecule has 2 N–H and O–H groups in total. The molecule has 11 heteroatoms. The molecule has 0 spiro atoms. The number of nitrogens with zero attached hydrogens (tertiary/aromatic N) is 2. The molecule has 37 heavy (non-hydrogen) atoms. The highest BCUT2D eigenvalue weighted by molar-refractivity contribution is 6.33. The van der Waals surface area contributed by atoms with E-state index in [1.807, 2.05) is 0 Å². The van der Waals surface area contributed by atoms with E-state index in [1.54, 1.807) is 61.2 Å². The number of amides is 3. The number of rotatable bonds is 10. The molecule has 0 aromatic heterocycles. The first-order chi connectivity index (χ1) is 17.8. The molecular weight excluding hydrogens is 500 g/mol. The Labute approximate surface area is 220 Å². The zero-order valence-corrected chi connectivity index (χ0v) is 21.8. The topological polar surface area (TPSA) is 119 Å². The number of ether oxygens (including phenoxy) is 3. The third-order valence-corrected chi connectivity index (χ3v) is 6.00. The summed E-state index contributed by atoms with van der Waals surface area (Å²) in [4.78, 5) is 39.7. The monoisotopic (exact) mass is 530 g/mol. The number of hydrogen-bond acceptors (Lipinski definition) is 7. The summed E-state index contributed by atoms with van der Waals surface area (Å²) in [5.41, 5.74) is 3.23. The first kappa shape index (κ1) is 27.9. The Balaban J connectivity index is 1.67. The van der Waals surface area contributed by atoms with Crippen LogP contribution in [-0.2, 0) is 14.3 Å². The lowest BCUT2D eigenvalue weighted by molar-refractivity contribution is -0.137. The standard InChI is InChI=1S/C26H31ClN4O6/c1-17(2)23(29-25(33)19-8-4-5-9-20(19)27)26(34)30-28-15-18-7-6-10-21(35-3)24(18)37-16-22(32)31-11-13-36-14-12-31/h4-10,15,17,23H,11-14,16H2,1-3H3,(H,29,33)(H,30,34). The van der Waals surface area contributed by atoms with E-state index >= 15 is 0 Å². The first-order valence-electron chi connectivity index (χ1n) is 11.9. The summed E-state index contributed by atoms with van der Waals surface area (Å²) < 4.78 is 16.5. The Kier molecular flexibility index (Phi) is 10.3. The molecule has 10 nitrogen and oxygen atoms in total. The van der Waals surface area contributed by atoms with Crippen molar-refractivity contribution >= 4 is 35.5 Å². The lowest BCUT2D eigenvalue weighted by Gasteiger charge is -2.27. The van der Waals surface area contributed by atoms with Crippen molar-refractivity contribution in [1.29, 1.82) is 0 Å². The second kappa shape index (κ2) is 13.6. The highest BCUT2D eigenvalue weighted by Gasteiger charge is 2.25. The van der Waals surface area contributed by atoms with Crippen LogP contribution in [0.4, 0.5) is 0 Å². The molecule has 0 aliphatic carbocycles. The molecule has 1 saturated heterocycles. The van der Waals surface area contributed by atoms with Gasteiger partial charge in [0.25, 0.3) is 17.7 Å². The molecule has 1 aliphatic rings. The van der Waals surface area contributed by atoms with Crippen LogP contribution in [-0.4, -0.2) is 74.9 Å². The van der Waals surface area contributed by atoms with E-state index in [0.29, 0.717) is 48.4 Å². The van der Waals surface area contributed by atoms with Gasteiger partial charge in [-0.25, -0.2) is 5.43 Å². The van der Waals surface area contributed by atoms with Crippen LogP contribution in [0.2, 0.25) is 5.02 Å². The normalized spacial score (nSPS) is 14.4. The second-order valence-electron chi connectivity index (χ2n) is 8.57. The summed E-state index contributed by atoms with van der Waals surface area (Å²) in [6.07, 6.45) is 1.39. The van der Waals surface area contributed by atoms with Gasteiger partial charge in [0.05, 0.1) is 37.1 Å². The minimum absolute atomic E-state index is 0.167. The SMILES string of the molecule is COc1cccc(C=NNC(=O)C(NC(=O)c2ccccc2Cl)C(C)C)c1OCC(=O)N1CCOCC1. The first-order valence-corrected chi connectivity index (χ1v) is 12.2. The summed E-state index contributed by atoms with van der Waals surface area (Å²) in [5.74, 6) is -0.617. The number of hydrazone groups is 1. The van der Waals surface area contributed by atoms with Gasteiger partial charge in [0, 0.05) is 18.7 Å². The van der Waals surface area contributed by atoms with E-state index in [2.05, 4.69) is 15.8 Å². The average Bonchev–Trinajstić information content (AvgIpc) is 2.90. The van der Waals surface area contributed by atoms with Gasteiger partial charge in [-0.05, 0) is 30.2 Å². The van der Waals surface area contributed by atoms with Crippen molar-refractivity contribution in [3.8, 4) is 11.5 Å². The number of carbonyl (C=O) groups is 3. The summed E-state index contributed by atoms with van der Waals surface area (Å²) >= 11 is 6.11. The molecule has 3 rings (SSSR count). The number of benzene rings is 2. The number of carbonyl (C=O) groups excluding carboxylic acids is 3. The van der Waals surface area contributed by atoms with Gasteiger partial charge in [0.2, 0.25) is 0 Å². The molecule has 2 aromatic rings. The number of nitrogens with one attached hydrogen (secondary N) is 2. The number of halogens is 1. The summed E-state index contributed by atoms with van der Waals surface area (Å²) in [7, 11) is 1.49. The Morgan fingerprint density at radius 2 is 1.86 bits per heavy atom. The van der Waals surface area contributed by atoms with Crippen LogP contribution in [0.15, 0.2) is 47.6 Å². The zero-order valence-electron chi connectivity index (χ0n) is 21.0. The van der Waals surface area contributed by atoms with E-state index in [0.717, 1.165) is 0 Å². The highest BCUT2D eigenvalue weighted by Crippen LogP contribution is 2.30. The fraction of sp³-hybridized carbons (Fsp3) is 0.385. The Morgan fingerprint density at radius 3 is 2.54 bits per heavy atom.